The summed E-state index contributed by atoms with van der Waals surface area (Å²) < 4.78 is 0. The van der Waals surface area contributed by atoms with Crippen molar-refractivity contribution in [2.75, 3.05) is 0 Å². The highest BCUT2D eigenvalue weighted by Crippen LogP contribution is 2.09. The van der Waals surface area contributed by atoms with Gasteiger partial charge in [-0.15, -0.1) is 0 Å². The summed E-state index contributed by atoms with van der Waals surface area (Å²) in [6, 6.07) is 0. The summed E-state index contributed by atoms with van der Waals surface area (Å²) in [4.78, 5) is 10.9. The van der Waals surface area contributed by atoms with E-state index in [1.807, 2.05) is 6.92 Å². The Balaban J connectivity index is 3.98. The topological polar surface area (TPSA) is 17.1 Å². The molecule has 0 atom stereocenters. The molecule has 0 saturated carbocycles. The predicted molar refractivity (Wildman–Crippen MR) is 76.1 cm³/mol. The number of rotatable bonds is 7. The second-order valence-electron chi connectivity index (χ2n) is 5.04. The van der Waals surface area contributed by atoms with E-state index in [9.17, 15) is 4.79 Å². The third kappa shape index (κ3) is 11.2. The van der Waals surface area contributed by atoms with E-state index >= 15 is 0 Å². The molecule has 0 heterocycles. The highest BCUT2D eigenvalue weighted by Gasteiger charge is 1.94. The Bertz CT molecular complexity index is 325. The molecule has 0 aromatic rings. The highest BCUT2D eigenvalue weighted by molar-refractivity contribution is 5.77. The zero-order valence-electron chi connectivity index (χ0n) is 12.0. The fourth-order valence-electron chi connectivity index (χ4n) is 1.62. The van der Waals surface area contributed by atoms with Crippen molar-refractivity contribution in [2.24, 2.45) is 0 Å². The van der Waals surface area contributed by atoms with Crippen LogP contribution in [0.15, 0.2) is 34.9 Å². The van der Waals surface area contributed by atoms with Gasteiger partial charge in [0.25, 0.3) is 0 Å². The van der Waals surface area contributed by atoms with Gasteiger partial charge in [0.05, 0.1) is 0 Å². The molecule has 17 heavy (non-hydrogen) atoms. The molecule has 0 bridgehead atoms. The lowest BCUT2D eigenvalue weighted by atomic mass is 10.1. The van der Waals surface area contributed by atoms with Crippen molar-refractivity contribution in [3.8, 4) is 0 Å². The smallest absolute Gasteiger partial charge is 0.133 e. The number of carbonyl (C=O) groups is 1. The normalized spacial score (nSPS) is 12.5. The quantitative estimate of drug-likeness (QED) is 0.567. The molecule has 0 unspecified atom stereocenters. The number of ketones is 1. The maximum absolute atomic E-state index is 10.9. The molecule has 1 heteroatoms. The second-order valence-corrected chi connectivity index (χ2v) is 5.04. The van der Waals surface area contributed by atoms with Crippen LogP contribution in [0.4, 0.5) is 0 Å². The third-order valence-corrected chi connectivity index (χ3v) is 2.55. The van der Waals surface area contributed by atoms with Crippen LogP contribution in [-0.4, -0.2) is 5.78 Å². The molecule has 0 saturated heterocycles. The van der Waals surface area contributed by atoms with E-state index in [1.54, 1.807) is 6.92 Å². The molecular weight excluding hydrogens is 208 g/mol. The van der Waals surface area contributed by atoms with Crippen LogP contribution in [0.5, 0.6) is 0 Å². The van der Waals surface area contributed by atoms with E-state index in [0.29, 0.717) is 6.42 Å². The third-order valence-electron chi connectivity index (χ3n) is 2.55. The van der Waals surface area contributed by atoms with E-state index in [0.717, 1.165) is 19.3 Å². The molecule has 1 nitrogen and oxygen atoms in total. The summed E-state index contributed by atoms with van der Waals surface area (Å²) in [7, 11) is 0. The number of Topliss-reactive ketones (excluding diaryl/α,β-unsaturated/α-hetero) is 1. The van der Waals surface area contributed by atoms with E-state index in [-0.39, 0.29) is 5.78 Å². The molecule has 0 aliphatic heterocycles. The monoisotopic (exact) mass is 234 g/mol. The first kappa shape index (κ1) is 15.9. The van der Waals surface area contributed by atoms with Gasteiger partial charge in [0.15, 0.2) is 0 Å². The average molecular weight is 234 g/mol. The summed E-state index contributed by atoms with van der Waals surface area (Å²) in [5.74, 6) is 0.239. The Kier molecular flexibility index (Phi) is 8.39. The van der Waals surface area contributed by atoms with Crippen LogP contribution in [0, 0.1) is 0 Å². The maximum Gasteiger partial charge on any atom is 0.133 e. The molecule has 0 rings (SSSR count). The molecule has 0 radical (unpaired) electrons. The van der Waals surface area contributed by atoms with Crippen molar-refractivity contribution in [1.29, 1.82) is 0 Å². The molecule has 0 aliphatic rings. The second kappa shape index (κ2) is 8.98. The number of hydrogen-bond donors (Lipinski definition) is 0. The van der Waals surface area contributed by atoms with Gasteiger partial charge in [0.2, 0.25) is 0 Å². The van der Waals surface area contributed by atoms with Gasteiger partial charge in [-0.2, -0.15) is 0 Å². The van der Waals surface area contributed by atoms with Crippen LogP contribution in [-0.2, 0) is 4.79 Å². The standard InChI is InChI=1S/C16H26O/c1-13(2)8-6-9-14(3)10-7-11-15(4)12-16(5)17/h8,10-11H,6-7,9,12H2,1-5H3. The minimum absolute atomic E-state index is 0.239. The molecular formula is C16H26O. The zero-order valence-corrected chi connectivity index (χ0v) is 12.0. The van der Waals surface area contributed by atoms with Crippen molar-refractivity contribution in [2.45, 2.75) is 60.3 Å². The van der Waals surface area contributed by atoms with Crippen LogP contribution in [0.25, 0.3) is 0 Å². The lowest BCUT2D eigenvalue weighted by Crippen LogP contribution is -1.89. The molecule has 0 aliphatic carbocycles. The lowest BCUT2D eigenvalue weighted by Gasteiger charge is -1.99. The van der Waals surface area contributed by atoms with Gasteiger partial charge in [0.1, 0.15) is 5.78 Å². The van der Waals surface area contributed by atoms with Crippen LogP contribution in [0.1, 0.15) is 60.3 Å². The first-order chi connectivity index (χ1) is 7.91. The lowest BCUT2D eigenvalue weighted by molar-refractivity contribution is -0.116. The van der Waals surface area contributed by atoms with Crippen molar-refractivity contribution >= 4 is 5.78 Å². The van der Waals surface area contributed by atoms with Crippen LogP contribution in [0.3, 0.4) is 0 Å². The summed E-state index contributed by atoms with van der Waals surface area (Å²) >= 11 is 0. The molecule has 0 amide bonds. The Morgan fingerprint density at radius 1 is 0.882 bits per heavy atom. The summed E-state index contributed by atoms with van der Waals surface area (Å²) in [6.45, 7) is 10.1. The first-order valence-corrected chi connectivity index (χ1v) is 6.36. The van der Waals surface area contributed by atoms with Crippen LogP contribution < -0.4 is 0 Å². The molecule has 96 valence electrons. The molecule has 0 fully saturated rings. The predicted octanol–water partition coefficient (Wildman–Crippen LogP) is 4.99. The first-order valence-electron chi connectivity index (χ1n) is 6.36. The van der Waals surface area contributed by atoms with E-state index < -0.39 is 0 Å². The van der Waals surface area contributed by atoms with Gasteiger partial charge >= 0.3 is 0 Å². The van der Waals surface area contributed by atoms with Gasteiger partial charge in [0, 0.05) is 6.42 Å². The summed E-state index contributed by atoms with van der Waals surface area (Å²) in [6.07, 6.45) is 10.5. The highest BCUT2D eigenvalue weighted by atomic mass is 16.1. The molecule has 0 aromatic carbocycles. The Hall–Kier alpha value is -1.11. The minimum atomic E-state index is 0.239. The number of carbonyl (C=O) groups excluding carboxylic acids is 1. The van der Waals surface area contributed by atoms with Gasteiger partial charge in [-0.1, -0.05) is 34.9 Å². The van der Waals surface area contributed by atoms with E-state index in [1.165, 1.54) is 16.7 Å². The van der Waals surface area contributed by atoms with Crippen molar-refractivity contribution < 1.29 is 4.79 Å². The largest absolute Gasteiger partial charge is 0.300 e. The maximum atomic E-state index is 10.9. The Labute approximate surface area is 106 Å². The number of allylic oxidation sites excluding steroid dienone is 6. The van der Waals surface area contributed by atoms with Gasteiger partial charge in [-0.05, 0) is 53.9 Å². The average Bonchev–Trinajstić information content (AvgIpc) is 2.15. The SMILES string of the molecule is CC(=O)CC(C)=CCC=C(C)CCC=C(C)C. The minimum Gasteiger partial charge on any atom is -0.300 e. The zero-order chi connectivity index (χ0) is 13.3. The molecule has 0 spiro atoms. The summed E-state index contributed by atoms with van der Waals surface area (Å²) in [5, 5.41) is 0. The van der Waals surface area contributed by atoms with Gasteiger partial charge in [-0.25, -0.2) is 0 Å². The van der Waals surface area contributed by atoms with Crippen molar-refractivity contribution in [3.05, 3.63) is 34.9 Å². The Morgan fingerprint density at radius 2 is 1.47 bits per heavy atom. The van der Waals surface area contributed by atoms with Gasteiger partial charge < -0.3 is 0 Å². The van der Waals surface area contributed by atoms with E-state index in [2.05, 4.69) is 39.0 Å². The fourth-order valence-corrected chi connectivity index (χ4v) is 1.62. The van der Waals surface area contributed by atoms with Crippen molar-refractivity contribution in [3.63, 3.8) is 0 Å². The van der Waals surface area contributed by atoms with E-state index in [4.69, 9.17) is 0 Å². The fraction of sp³-hybridized carbons (Fsp3) is 0.562. The molecule has 0 N–H and O–H groups in total. The summed E-state index contributed by atoms with van der Waals surface area (Å²) in [5.41, 5.74) is 3.98. The van der Waals surface area contributed by atoms with Crippen LogP contribution in [0.2, 0.25) is 0 Å². The van der Waals surface area contributed by atoms with Gasteiger partial charge in [-0.3, -0.25) is 4.79 Å². The Morgan fingerprint density at radius 3 is 2.00 bits per heavy atom. The van der Waals surface area contributed by atoms with Crippen molar-refractivity contribution in [1.82, 2.24) is 0 Å². The molecule has 0 aromatic heterocycles. The van der Waals surface area contributed by atoms with Crippen LogP contribution >= 0.6 is 0 Å². The number of hydrogen-bond acceptors (Lipinski definition) is 1.